The standard InChI is InChI=1S/C19H20ClF2N5O2S/c1-10-13(21)6-7-16(24-10)26-17(11-4-5-14(22)12(20)8-11)18-25-15(9-29-2)19(27-18)30(3,23)28/h4-8,17,23H,9H2,1-3H3,(H,24,26)(H,25,27)/t17?,30-/m1/s1. The number of imidazole rings is 1. The number of aromatic nitrogens is 3. The molecule has 30 heavy (non-hydrogen) atoms. The molecule has 2 aromatic heterocycles. The van der Waals surface area contributed by atoms with Crippen molar-refractivity contribution in [2.45, 2.75) is 24.6 Å². The molecule has 1 aromatic carbocycles. The summed E-state index contributed by atoms with van der Waals surface area (Å²) in [4.78, 5) is 11.6. The first-order chi connectivity index (χ1) is 14.1. The average Bonchev–Trinajstić information content (AvgIpc) is 3.09. The van der Waals surface area contributed by atoms with Crippen molar-refractivity contribution in [1.82, 2.24) is 15.0 Å². The maximum Gasteiger partial charge on any atom is 0.159 e. The van der Waals surface area contributed by atoms with E-state index in [9.17, 15) is 13.0 Å². The van der Waals surface area contributed by atoms with Crippen LogP contribution < -0.4 is 5.32 Å². The summed E-state index contributed by atoms with van der Waals surface area (Å²) >= 11 is 5.96. The summed E-state index contributed by atoms with van der Waals surface area (Å²) in [7, 11) is -1.69. The number of pyridine rings is 1. The largest absolute Gasteiger partial charge is 0.378 e. The van der Waals surface area contributed by atoms with Gasteiger partial charge in [-0.05, 0) is 36.8 Å². The number of anilines is 1. The van der Waals surface area contributed by atoms with Crippen LogP contribution in [-0.4, -0.2) is 32.5 Å². The minimum atomic E-state index is -3.15. The van der Waals surface area contributed by atoms with E-state index in [4.69, 9.17) is 21.1 Å². The molecule has 0 aliphatic rings. The Balaban J connectivity index is 2.13. The van der Waals surface area contributed by atoms with Gasteiger partial charge in [-0.2, -0.15) is 0 Å². The van der Waals surface area contributed by atoms with E-state index < -0.39 is 27.4 Å². The number of aromatic amines is 1. The molecule has 3 aromatic rings. The molecule has 0 aliphatic heterocycles. The fourth-order valence-electron chi connectivity index (χ4n) is 2.89. The van der Waals surface area contributed by atoms with Crippen LogP contribution >= 0.6 is 11.6 Å². The number of rotatable bonds is 7. The molecule has 0 saturated heterocycles. The molecule has 11 heteroatoms. The van der Waals surface area contributed by atoms with E-state index in [1.165, 1.54) is 50.6 Å². The van der Waals surface area contributed by atoms with Gasteiger partial charge in [0.25, 0.3) is 0 Å². The summed E-state index contributed by atoms with van der Waals surface area (Å²) in [5, 5.41) is 3.08. The van der Waals surface area contributed by atoms with E-state index in [0.29, 0.717) is 22.9 Å². The molecule has 1 unspecified atom stereocenters. The lowest BCUT2D eigenvalue weighted by Crippen LogP contribution is -2.16. The Morgan fingerprint density at radius 2 is 1.97 bits per heavy atom. The van der Waals surface area contributed by atoms with Crippen LogP contribution in [0.5, 0.6) is 0 Å². The number of hydrogen-bond donors (Lipinski definition) is 3. The van der Waals surface area contributed by atoms with Gasteiger partial charge < -0.3 is 15.0 Å². The Hall–Kier alpha value is -2.56. The lowest BCUT2D eigenvalue weighted by molar-refractivity contribution is 0.179. The minimum Gasteiger partial charge on any atom is -0.378 e. The molecule has 0 fully saturated rings. The summed E-state index contributed by atoms with van der Waals surface area (Å²) in [6, 6.07) is 6.14. The van der Waals surface area contributed by atoms with Gasteiger partial charge in [-0.3, -0.25) is 0 Å². The highest BCUT2D eigenvalue weighted by molar-refractivity contribution is 7.91. The van der Waals surface area contributed by atoms with Crippen LogP contribution in [-0.2, 0) is 21.1 Å². The van der Waals surface area contributed by atoms with Gasteiger partial charge in [0.15, 0.2) is 5.03 Å². The lowest BCUT2D eigenvalue weighted by Gasteiger charge is -2.19. The molecule has 0 saturated carbocycles. The zero-order valence-electron chi connectivity index (χ0n) is 16.4. The van der Waals surface area contributed by atoms with Gasteiger partial charge in [-0.15, -0.1) is 0 Å². The normalized spacial score (nSPS) is 14.3. The third kappa shape index (κ3) is 4.77. The van der Waals surface area contributed by atoms with E-state index in [-0.39, 0.29) is 22.3 Å². The van der Waals surface area contributed by atoms with Crippen LogP contribution in [0.15, 0.2) is 35.4 Å². The lowest BCUT2D eigenvalue weighted by atomic mass is 10.1. The van der Waals surface area contributed by atoms with Gasteiger partial charge in [-0.1, -0.05) is 17.7 Å². The number of methoxy groups -OCH3 is 1. The first-order valence-corrected chi connectivity index (χ1v) is 11.1. The van der Waals surface area contributed by atoms with Crippen molar-refractivity contribution < 1.29 is 17.7 Å². The maximum atomic E-state index is 13.7. The van der Waals surface area contributed by atoms with Crippen LogP contribution in [0, 0.1) is 23.3 Å². The number of H-pyrrole nitrogens is 1. The van der Waals surface area contributed by atoms with Gasteiger partial charge in [0.1, 0.15) is 29.3 Å². The maximum absolute atomic E-state index is 13.7. The first kappa shape index (κ1) is 22.1. The van der Waals surface area contributed by atoms with Gasteiger partial charge >= 0.3 is 0 Å². The molecule has 0 bridgehead atoms. The third-order valence-corrected chi connectivity index (χ3v) is 5.65. The highest BCUT2D eigenvalue weighted by Gasteiger charge is 2.24. The zero-order chi connectivity index (χ0) is 22.1. The molecule has 2 heterocycles. The first-order valence-electron chi connectivity index (χ1n) is 8.76. The predicted molar refractivity (Wildman–Crippen MR) is 110 cm³/mol. The molecule has 2 atom stereocenters. The second kappa shape index (κ2) is 8.66. The molecule has 160 valence electrons. The molecule has 0 radical (unpaired) electrons. The van der Waals surface area contributed by atoms with Crippen LogP contribution in [0.4, 0.5) is 14.6 Å². The SMILES string of the molecule is COCc1[nH]c(C(Nc2ccc(F)c(C)n2)c2ccc(F)c(Cl)c2)nc1[S@](C)(=N)=O. The van der Waals surface area contributed by atoms with Crippen molar-refractivity contribution in [3.63, 3.8) is 0 Å². The summed E-state index contributed by atoms with van der Waals surface area (Å²) < 4.78 is 52.8. The number of benzene rings is 1. The zero-order valence-corrected chi connectivity index (χ0v) is 18.0. The van der Waals surface area contributed by atoms with Gasteiger partial charge in [-0.25, -0.2) is 27.7 Å². The highest BCUT2D eigenvalue weighted by atomic mass is 35.5. The summed E-state index contributed by atoms with van der Waals surface area (Å²) in [5.41, 5.74) is 1.11. The average molecular weight is 456 g/mol. The number of nitrogens with zero attached hydrogens (tertiary/aromatic N) is 2. The Labute approximate surface area is 177 Å². The third-order valence-electron chi connectivity index (χ3n) is 4.28. The predicted octanol–water partition coefficient (Wildman–Crippen LogP) is 4.43. The van der Waals surface area contributed by atoms with E-state index in [1.54, 1.807) is 0 Å². The van der Waals surface area contributed by atoms with Crippen LogP contribution in [0.1, 0.15) is 28.8 Å². The fraction of sp³-hybridized carbons (Fsp3) is 0.263. The second-order valence-corrected chi connectivity index (χ2v) is 9.18. The Morgan fingerprint density at radius 1 is 1.27 bits per heavy atom. The van der Waals surface area contributed by atoms with Crippen molar-refractivity contribution in [2.24, 2.45) is 0 Å². The molecule has 7 nitrogen and oxygen atoms in total. The smallest absolute Gasteiger partial charge is 0.159 e. The summed E-state index contributed by atoms with van der Waals surface area (Å²) in [6.45, 7) is 1.59. The monoisotopic (exact) mass is 455 g/mol. The summed E-state index contributed by atoms with van der Waals surface area (Å²) in [5.74, 6) is -0.401. The molecule has 3 N–H and O–H groups in total. The number of hydrogen-bond acceptors (Lipinski definition) is 6. The molecular weight excluding hydrogens is 436 g/mol. The van der Waals surface area contributed by atoms with E-state index in [2.05, 4.69) is 20.3 Å². The van der Waals surface area contributed by atoms with Crippen molar-refractivity contribution >= 4 is 27.1 Å². The Morgan fingerprint density at radius 3 is 2.57 bits per heavy atom. The molecule has 3 rings (SSSR count). The van der Waals surface area contributed by atoms with Crippen molar-refractivity contribution in [3.05, 3.63) is 69.8 Å². The molecule has 0 aliphatic carbocycles. The number of aryl methyl sites for hydroxylation is 1. The number of halogens is 3. The number of nitrogens with one attached hydrogen (secondary N) is 3. The molecule has 0 amide bonds. The van der Waals surface area contributed by atoms with E-state index in [1.807, 2.05) is 0 Å². The van der Waals surface area contributed by atoms with E-state index >= 15 is 0 Å². The van der Waals surface area contributed by atoms with Crippen LogP contribution in [0.3, 0.4) is 0 Å². The molecular formula is C19H20ClF2N5O2S. The Bertz CT molecular complexity index is 1180. The van der Waals surface area contributed by atoms with Crippen molar-refractivity contribution in [3.8, 4) is 0 Å². The van der Waals surface area contributed by atoms with Gasteiger partial charge in [0.05, 0.1) is 32.7 Å². The van der Waals surface area contributed by atoms with E-state index in [0.717, 1.165) is 0 Å². The van der Waals surface area contributed by atoms with Crippen LogP contribution in [0.25, 0.3) is 0 Å². The fourth-order valence-corrected chi connectivity index (χ4v) is 3.93. The van der Waals surface area contributed by atoms with Crippen molar-refractivity contribution in [1.29, 1.82) is 4.78 Å². The Kier molecular flexibility index (Phi) is 6.39. The molecule has 0 spiro atoms. The van der Waals surface area contributed by atoms with Gasteiger partial charge in [0, 0.05) is 13.4 Å². The van der Waals surface area contributed by atoms with Crippen molar-refractivity contribution in [2.75, 3.05) is 18.7 Å². The topological polar surface area (TPSA) is 104 Å². The quantitative estimate of drug-likeness (QED) is 0.489. The van der Waals surface area contributed by atoms with Crippen LogP contribution in [0.2, 0.25) is 5.02 Å². The summed E-state index contributed by atoms with van der Waals surface area (Å²) in [6.07, 6.45) is 1.26. The van der Waals surface area contributed by atoms with Gasteiger partial charge in [0.2, 0.25) is 0 Å². The minimum absolute atomic E-state index is 0.0580. The number of ether oxygens (including phenoxy) is 1. The highest BCUT2D eigenvalue weighted by Crippen LogP contribution is 2.29. The second-order valence-electron chi connectivity index (χ2n) is 6.70.